The first kappa shape index (κ1) is 19.6. The van der Waals surface area contributed by atoms with Crippen LogP contribution in [-0.2, 0) is 11.6 Å². The van der Waals surface area contributed by atoms with Crippen LogP contribution in [0.25, 0.3) is 0 Å². The van der Waals surface area contributed by atoms with Crippen molar-refractivity contribution in [3.63, 3.8) is 0 Å². The van der Waals surface area contributed by atoms with Crippen LogP contribution in [0.5, 0.6) is 0 Å². The van der Waals surface area contributed by atoms with E-state index in [9.17, 15) is 22.0 Å². The van der Waals surface area contributed by atoms with Crippen LogP contribution in [0.1, 0.15) is 44.7 Å². The third-order valence-electron chi connectivity index (χ3n) is 3.29. The van der Waals surface area contributed by atoms with E-state index in [0.717, 1.165) is 12.1 Å². The zero-order valence-electron chi connectivity index (χ0n) is 12.5. The summed E-state index contributed by atoms with van der Waals surface area (Å²) in [7, 11) is 0. The first-order chi connectivity index (χ1) is 9.60. The third kappa shape index (κ3) is 6.27. The molecule has 0 radical (unpaired) electrons. The molecule has 5 heteroatoms. The predicted molar refractivity (Wildman–Crippen MR) is 75.6 cm³/mol. The summed E-state index contributed by atoms with van der Waals surface area (Å²) in [6.45, 7) is 8.64. The highest BCUT2D eigenvalue weighted by molar-refractivity contribution is 5.30. The van der Waals surface area contributed by atoms with Gasteiger partial charge in [0.05, 0.1) is 5.56 Å². The Bertz CT molecular complexity index is 419. The second kappa shape index (κ2) is 8.15. The number of hydrogen-bond donors (Lipinski definition) is 0. The van der Waals surface area contributed by atoms with Crippen LogP contribution in [0, 0.1) is 0 Å². The molecule has 0 aliphatic rings. The van der Waals surface area contributed by atoms with Gasteiger partial charge in [0.2, 0.25) is 6.43 Å². The molecule has 0 aromatic heterocycles. The molecule has 0 N–H and O–H groups in total. The average Bonchev–Trinajstić information content (AvgIpc) is 2.38. The van der Waals surface area contributed by atoms with Gasteiger partial charge in [-0.25, -0.2) is 8.78 Å². The van der Waals surface area contributed by atoms with E-state index in [2.05, 4.69) is 6.58 Å². The molecule has 0 aliphatic carbocycles. The molecule has 0 saturated carbocycles. The van der Waals surface area contributed by atoms with Gasteiger partial charge in [0.1, 0.15) is 0 Å². The second-order valence-electron chi connectivity index (χ2n) is 4.99. The predicted octanol–water partition coefficient (Wildman–Crippen LogP) is 6.22. The number of rotatable bonds is 4. The standard InChI is InChI=1S/C13H15F5.C3H6/c1-3-12(2,8-11(14)15)9-4-6-10(7-5-9)13(16,17)18;1-3-2/h4-7,11H,3,8H2,1-2H3;3H,1H2,2H3. The molecular formula is C16H21F5. The first-order valence-electron chi connectivity index (χ1n) is 6.63. The summed E-state index contributed by atoms with van der Waals surface area (Å²) in [5.41, 5.74) is -1.04. The average molecular weight is 308 g/mol. The summed E-state index contributed by atoms with van der Waals surface area (Å²) < 4.78 is 62.1. The molecule has 0 heterocycles. The largest absolute Gasteiger partial charge is 0.416 e. The quantitative estimate of drug-likeness (QED) is 0.457. The van der Waals surface area contributed by atoms with E-state index in [-0.39, 0.29) is 6.42 Å². The van der Waals surface area contributed by atoms with Crippen molar-refractivity contribution in [3.05, 3.63) is 48.0 Å². The number of halogens is 5. The Morgan fingerprint density at radius 3 is 1.76 bits per heavy atom. The van der Waals surface area contributed by atoms with E-state index in [1.54, 1.807) is 19.9 Å². The number of benzene rings is 1. The minimum Gasteiger partial charge on any atom is -0.211 e. The van der Waals surface area contributed by atoms with Gasteiger partial charge < -0.3 is 0 Å². The van der Waals surface area contributed by atoms with Crippen LogP contribution in [0.3, 0.4) is 0 Å². The molecule has 0 amide bonds. The van der Waals surface area contributed by atoms with Gasteiger partial charge in [-0.1, -0.05) is 32.1 Å². The molecule has 21 heavy (non-hydrogen) atoms. The van der Waals surface area contributed by atoms with Crippen LogP contribution in [-0.4, -0.2) is 6.43 Å². The summed E-state index contributed by atoms with van der Waals surface area (Å²) in [4.78, 5) is 0. The maximum absolute atomic E-state index is 12.5. The number of alkyl halides is 5. The molecule has 1 atom stereocenters. The lowest BCUT2D eigenvalue weighted by Gasteiger charge is -2.28. The van der Waals surface area contributed by atoms with Crippen LogP contribution in [0.15, 0.2) is 36.9 Å². The van der Waals surface area contributed by atoms with Gasteiger partial charge in [-0.05, 0) is 36.5 Å². The molecule has 0 fully saturated rings. The van der Waals surface area contributed by atoms with Gasteiger partial charge in [-0.2, -0.15) is 13.2 Å². The van der Waals surface area contributed by atoms with E-state index in [4.69, 9.17) is 0 Å². The van der Waals surface area contributed by atoms with Crippen molar-refractivity contribution >= 4 is 0 Å². The summed E-state index contributed by atoms with van der Waals surface area (Å²) >= 11 is 0. The van der Waals surface area contributed by atoms with E-state index < -0.39 is 23.6 Å². The zero-order chi connectivity index (χ0) is 16.7. The molecule has 0 nitrogen and oxygen atoms in total. The minimum atomic E-state index is -4.40. The summed E-state index contributed by atoms with van der Waals surface area (Å²) in [5, 5.41) is 0. The summed E-state index contributed by atoms with van der Waals surface area (Å²) in [6.07, 6.45) is -5.03. The van der Waals surface area contributed by atoms with Crippen molar-refractivity contribution in [3.8, 4) is 0 Å². The highest BCUT2D eigenvalue weighted by Gasteiger charge is 2.32. The molecule has 0 spiro atoms. The Morgan fingerprint density at radius 2 is 1.48 bits per heavy atom. The zero-order valence-corrected chi connectivity index (χ0v) is 12.5. The fourth-order valence-electron chi connectivity index (χ4n) is 1.87. The van der Waals surface area contributed by atoms with E-state index in [1.165, 1.54) is 12.1 Å². The Morgan fingerprint density at radius 1 is 1.10 bits per heavy atom. The fourth-order valence-corrected chi connectivity index (χ4v) is 1.87. The minimum absolute atomic E-state index is 0.352. The van der Waals surface area contributed by atoms with Gasteiger partial charge in [0.25, 0.3) is 0 Å². The Balaban J connectivity index is 0.00000122. The van der Waals surface area contributed by atoms with E-state index in [1.807, 2.05) is 6.92 Å². The fraction of sp³-hybridized carbons (Fsp3) is 0.500. The lowest BCUT2D eigenvalue weighted by molar-refractivity contribution is -0.137. The molecule has 0 aliphatic heterocycles. The maximum Gasteiger partial charge on any atom is 0.416 e. The van der Waals surface area contributed by atoms with Crippen molar-refractivity contribution in [2.24, 2.45) is 0 Å². The van der Waals surface area contributed by atoms with Crippen LogP contribution in [0.4, 0.5) is 22.0 Å². The molecule has 0 bridgehead atoms. The van der Waals surface area contributed by atoms with Crippen molar-refractivity contribution in [2.45, 2.75) is 51.6 Å². The normalized spacial score (nSPS) is 14.1. The smallest absolute Gasteiger partial charge is 0.211 e. The Hall–Kier alpha value is -1.39. The van der Waals surface area contributed by atoms with Crippen LogP contribution < -0.4 is 0 Å². The monoisotopic (exact) mass is 308 g/mol. The maximum atomic E-state index is 12.5. The lowest BCUT2D eigenvalue weighted by atomic mass is 9.77. The highest BCUT2D eigenvalue weighted by Crippen LogP contribution is 2.36. The summed E-state index contributed by atoms with van der Waals surface area (Å²) in [6, 6.07) is 4.45. The van der Waals surface area contributed by atoms with Gasteiger partial charge in [-0.3, -0.25) is 0 Å². The molecule has 1 unspecified atom stereocenters. The molecule has 0 saturated heterocycles. The molecular weight excluding hydrogens is 287 g/mol. The summed E-state index contributed by atoms with van der Waals surface area (Å²) in [5.74, 6) is 0. The van der Waals surface area contributed by atoms with Crippen LogP contribution in [0.2, 0.25) is 0 Å². The van der Waals surface area contributed by atoms with Crippen molar-refractivity contribution < 1.29 is 22.0 Å². The topological polar surface area (TPSA) is 0 Å². The van der Waals surface area contributed by atoms with Crippen LogP contribution >= 0.6 is 0 Å². The number of allylic oxidation sites excluding steroid dienone is 1. The van der Waals surface area contributed by atoms with Gasteiger partial charge in [0.15, 0.2) is 0 Å². The van der Waals surface area contributed by atoms with Crippen molar-refractivity contribution in [1.82, 2.24) is 0 Å². The molecule has 120 valence electrons. The van der Waals surface area contributed by atoms with E-state index >= 15 is 0 Å². The molecule has 1 aromatic rings. The lowest BCUT2D eigenvalue weighted by Crippen LogP contribution is -2.24. The van der Waals surface area contributed by atoms with Gasteiger partial charge in [-0.15, -0.1) is 6.58 Å². The third-order valence-corrected chi connectivity index (χ3v) is 3.29. The van der Waals surface area contributed by atoms with E-state index in [0.29, 0.717) is 12.0 Å². The molecule has 1 aromatic carbocycles. The van der Waals surface area contributed by atoms with Gasteiger partial charge >= 0.3 is 6.18 Å². The Kier molecular flexibility index (Phi) is 7.61. The number of hydrogen-bond acceptors (Lipinski definition) is 0. The SMILES string of the molecule is C=CC.CCC(C)(CC(F)F)c1ccc(C(F)(F)F)cc1. The first-order valence-corrected chi connectivity index (χ1v) is 6.63. The molecule has 1 rings (SSSR count). The van der Waals surface area contributed by atoms with Crippen molar-refractivity contribution in [2.75, 3.05) is 0 Å². The van der Waals surface area contributed by atoms with Gasteiger partial charge in [0, 0.05) is 6.42 Å². The second-order valence-corrected chi connectivity index (χ2v) is 4.99. The highest BCUT2D eigenvalue weighted by atomic mass is 19.4. The van der Waals surface area contributed by atoms with Crippen molar-refractivity contribution in [1.29, 1.82) is 0 Å². The Labute approximate surface area is 122 Å².